The summed E-state index contributed by atoms with van der Waals surface area (Å²) >= 11 is 6.18. The molecule has 7 nitrogen and oxygen atoms in total. The molecule has 2 aromatic carbocycles. The first kappa shape index (κ1) is 16.4. The fraction of sp³-hybridized carbons (Fsp3) is 0.167. The van der Waals surface area contributed by atoms with Crippen LogP contribution in [0.4, 0.5) is 0 Å². The van der Waals surface area contributed by atoms with Crippen molar-refractivity contribution in [2.75, 3.05) is 13.2 Å². The zero-order chi connectivity index (χ0) is 18.1. The third kappa shape index (κ3) is 2.97. The number of aromatic nitrogens is 2. The van der Waals surface area contributed by atoms with Crippen LogP contribution in [0.5, 0.6) is 11.5 Å². The van der Waals surface area contributed by atoms with E-state index in [0.29, 0.717) is 46.1 Å². The number of nitrogens with zero attached hydrogens (tertiary/aromatic N) is 1. The fourth-order valence-electron chi connectivity index (χ4n) is 2.74. The second-order valence-corrected chi connectivity index (χ2v) is 6.03. The second-order valence-electron chi connectivity index (χ2n) is 5.62. The first-order valence-electron chi connectivity index (χ1n) is 7.86. The van der Waals surface area contributed by atoms with Crippen LogP contribution in [-0.2, 0) is 11.3 Å². The van der Waals surface area contributed by atoms with Crippen molar-refractivity contribution in [2.24, 2.45) is 0 Å². The molecular formula is C18H13ClN2O5. The Kier molecular flexibility index (Phi) is 4.22. The van der Waals surface area contributed by atoms with Gasteiger partial charge < -0.3 is 14.2 Å². The Morgan fingerprint density at radius 1 is 1.19 bits per heavy atom. The lowest BCUT2D eigenvalue weighted by Gasteiger charge is -2.20. The highest BCUT2D eigenvalue weighted by Gasteiger charge is 2.19. The topological polar surface area (TPSA) is 90.5 Å². The number of aromatic amines is 1. The largest absolute Gasteiger partial charge is 0.486 e. The summed E-state index contributed by atoms with van der Waals surface area (Å²) in [6.07, 6.45) is 0. The van der Waals surface area contributed by atoms with Gasteiger partial charge in [-0.2, -0.15) is 5.10 Å². The summed E-state index contributed by atoms with van der Waals surface area (Å²) in [4.78, 5) is 24.2. The molecule has 0 bridgehead atoms. The van der Waals surface area contributed by atoms with Gasteiger partial charge in [-0.25, -0.2) is 9.89 Å². The molecule has 0 saturated heterocycles. The highest BCUT2D eigenvalue weighted by molar-refractivity contribution is 6.32. The first-order valence-corrected chi connectivity index (χ1v) is 8.24. The molecule has 0 radical (unpaired) electrons. The first-order chi connectivity index (χ1) is 12.6. The molecule has 2 heterocycles. The molecule has 4 rings (SSSR count). The van der Waals surface area contributed by atoms with Crippen LogP contribution in [0.1, 0.15) is 16.1 Å². The van der Waals surface area contributed by atoms with Crippen LogP contribution in [0.15, 0.2) is 41.2 Å². The van der Waals surface area contributed by atoms with Crippen molar-refractivity contribution in [3.8, 4) is 11.5 Å². The summed E-state index contributed by atoms with van der Waals surface area (Å²) in [6.45, 7) is 0.843. The van der Waals surface area contributed by atoms with Crippen molar-refractivity contribution in [1.82, 2.24) is 10.2 Å². The van der Waals surface area contributed by atoms with Gasteiger partial charge >= 0.3 is 5.97 Å². The van der Waals surface area contributed by atoms with Crippen molar-refractivity contribution in [3.05, 3.63) is 63.0 Å². The third-order valence-corrected chi connectivity index (χ3v) is 4.20. The lowest BCUT2D eigenvalue weighted by Crippen LogP contribution is -2.17. The Morgan fingerprint density at radius 2 is 1.96 bits per heavy atom. The number of rotatable bonds is 3. The van der Waals surface area contributed by atoms with Gasteiger partial charge in [0.15, 0.2) is 17.2 Å². The maximum absolute atomic E-state index is 12.4. The van der Waals surface area contributed by atoms with E-state index < -0.39 is 5.97 Å². The Labute approximate surface area is 152 Å². The van der Waals surface area contributed by atoms with Crippen molar-refractivity contribution in [3.63, 3.8) is 0 Å². The number of nitrogens with one attached hydrogen (secondary N) is 1. The lowest BCUT2D eigenvalue weighted by atomic mass is 10.1. The van der Waals surface area contributed by atoms with Gasteiger partial charge in [-0.05, 0) is 23.8 Å². The van der Waals surface area contributed by atoms with E-state index in [2.05, 4.69) is 10.2 Å². The number of ether oxygens (including phenoxy) is 3. The van der Waals surface area contributed by atoms with Gasteiger partial charge in [-0.3, -0.25) is 4.79 Å². The number of hydrogen-bond acceptors (Lipinski definition) is 6. The monoisotopic (exact) mass is 372 g/mol. The van der Waals surface area contributed by atoms with Gasteiger partial charge in [0, 0.05) is 5.39 Å². The number of carbonyl (C=O) groups is 1. The molecule has 1 aliphatic rings. The van der Waals surface area contributed by atoms with Gasteiger partial charge in [-0.1, -0.05) is 29.8 Å². The minimum Gasteiger partial charge on any atom is -0.486 e. The van der Waals surface area contributed by atoms with Gasteiger partial charge in [0.05, 0.1) is 10.4 Å². The zero-order valence-corrected chi connectivity index (χ0v) is 14.2. The van der Waals surface area contributed by atoms with Crippen molar-refractivity contribution < 1.29 is 19.0 Å². The van der Waals surface area contributed by atoms with Crippen molar-refractivity contribution >= 4 is 28.3 Å². The minimum absolute atomic E-state index is 0.0235. The highest BCUT2D eigenvalue weighted by atomic mass is 35.5. The number of H-pyrrole nitrogens is 1. The summed E-state index contributed by atoms with van der Waals surface area (Å²) < 4.78 is 16.3. The number of halogens is 1. The number of hydrogen-bond donors (Lipinski definition) is 1. The standard InChI is InChI=1S/C18H13ClN2O5/c19-13-7-10(8-14-16(13)25-6-5-24-14)9-26-18(23)15-11-3-1-2-4-12(11)17(22)21-20-15/h1-4,7-8H,5-6,9H2,(H,21,22). The predicted octanol–water partition coefficient (Wildman–Crippen LogP) is 2.70. The molecule has 0 aliphatic carbocycles. The van der Waals surface area contributed by atoms with Crippen molar-refractivity contribution in [2.45, 2.75) is 6.61 Å². The number of fused-ring (bicyclic) bond motifs is 2. The zero-order valence-electron chi connectivity index (χ0n) is 13.5. The molecular weight excluding hydrogens is 360 g/mol. The summed E-state index contributed by atoms with van der Waals surface area (Å²) in [5.74, 6) is 0.354. The van der Waals surface area contributed by atoms with Gasteiger partial charge in [0.25, 0.3) is 5.56 Å². The smallest absolute Gasteiger partial charge is 0.359 e. The van der Waals surface area contributed by atoms with Crippen LogP contribution in [0.25, 0.3) is 10.8 Å². The van der Waals surface area contributed by atoms with Crippen LogP contribution in [-0.4, -0.2) is 29.4 Å². The van der Waals surface area contributed by atoms with Crippen LogP contribution in [0, 0.1) is 0 Å². The molecule has 3 aromatic rings. The quantitative estimate of drug-likeness (QED) is 0.711. The SMILES string of the molecule is O=C(OCc1cc(Cl)c2c(c1)OCCO2)c1n[nH]c(=O)c2ccccc12. The van der Waals surface area contributed by atoms with Gasteiger partial charge in [0.2, 0.25) is 0 Å². The normalized spacial score (nSPS) is 12.8. The van der Waals surface area contributed by atoms with Crippen molar-refractivity contribution in [1.29, 1.82) is 0 Å². The van der Waals surface area contributed by atoms with E-state index >= 15 is 0 Å². The Morgan fingerprint density at radius 3 is 2.81 bits per heavy atom. The molecule has 0 fully saturated rings. The minimum atomic E-state index is -0.650. The van der Waals surface area contributed by atoms with E-state index in [1.54, 1.807) is 36.4 Å². The summed E-state index contributed by atoms with van der Waals surface area (Å²) in [7, 11) is 0. The van der Waals surface area contributed by atoms with E-state index in [9.17, 15) is 9.59 Å². The Balaban J connectivity index is 1.58. The predicted molar refractivity (Wildman–Crippen MR) is 93.9 cm³/mol. The average Bonchev–Trinajstić information content (AvgIpc) is 2.67. The number of carbonyl (C=O) groups excluding carboxylic acids is 1. The molecule has 1 aromatic heterocycles. The van der Waals surface area contributed by atoms with E-state index in [0.717, 1.165) is 0 Å². The van der Waals surface area contributed by atoms with E-state index in [-0.39, 0.29) is 17.9 Å². The van der Waals surface area contributed by atoms with E-state index in [1.807, 2.05) is 0 Å². The van der Waals surface area contributed by atoms with E-state index in [1.165, 1.54) is 0 Å². The molecule has 0 saturated carbocycles. The molecule has 26 heavy (non-hydrogen) atoms. The summed E-state index contributed by atoms with van der Waals surface area (Å²) in [6, 6.07) is 10.1. The molecule has 0 spiro atoms. The van der Waals surface area contributed by atoms with Crippen LogP contribution in [0.2, 0.25) is 5.02 Å². The molecule has 0 unspecified atom stereocenters. The van der Waals surface area contributed by atoms with Gasteiger partial charge in [0.1, 0.15) is 19.8 Å². The second kappa shape index (κ2) is 6.68. The molecule has 0 atom stereocenters. The number of esters is 1. The molecule has 0 amide bonds. The van der Waals surface area contributed by atoms with E-state index in [4.69, 9.17) is 25.8 Å². The molecule has 1 aliphatic heterocycles. The van der Waals surface area contributed by atoms with Crippen LogP contribution >= 0.6 is 11.6 Å². The molecule has 8 heteroatoms. The third-order valence-electron chi connectivity index (χ3n) is 3.92. The Bertz CT molecular complexity index is 1060. The van der Waals surface area contributed by atoms with Crippen LogP contribution in [0.3, 0.4) is 0 Å². The van der Waals surface area contributed by atoms with Crippen LogP contribution < -0.4 is 15.0 Å². The summed E-state index contributed by atoms with van der Waals surface area (Å²) in [5, 5.41) is 7.33. The average molecular weight is 373 g/mol. The maximum Gasteiger partial charge on any atom is 0.359 e. The highest BCUT2D eigenvalue weighted by Crippen LogP contribution is 2.38. The number of benzene rings is 2. The summed E-state index contributed by atoms with van der Waals surface area (Å²) in [5.41, 5.74) is 0.334. The molecule has 1 N–H and O–H groups in total. The maximum atomic E-state index is 12.4. The fourth-order valence-corrected chi connectivity index (χ4v) is 3.02. The Hall–Kier alpha value is -3.06. The molecule has 132 valence electrons. The van der Waals surface area contributed by atoms with Gasteiger partial charge in [-0.15, -0.1) is 0 Å². The lowest BCUT2D eigenvalue weighted by molar-refractivity contribution is 0.0466.